The lowest BCUT2D eigenvalue weighted by molar-refractivity contribution is 0.102. The van der Waals surface area contributed by atoms with Gasteiger partial charge in [0.25, 0.3) is 0 Å². The highest BCUT2D eigenvalue weighted by molar-refractivity contribution is 8.76. The third-order valence-electron chi connectivity index (χ3n) is 14.9. The lowest BCUT2D eigenvalue weighted by Gasteiger charge is -2.33. The SMILES string of the molecule is C[C@H](O)CNC[C@H]1C2=C[C+]([C@@H](O)COc3cc(CC[C-]4C=C(CO)C(CCCCC[C@H]5CSSCc6c(CO)ccc7c6C=C[C@@H](C[C@H]5N)[C@H]7O)O4)ccc3O)N=C2CC[C@H]2CCC[C@@H]21. The molecule has 0 amide bonds. The van der Waals surface area contributed by atoms with Crippen molar-refractivity contribution < 1.29 is 40.1 Å². The third kappa shape index (κ3) is 11.8. The first-order valence-electron chi connectivity index (χ1n) is 24.2. The number of ether oxygens (including phenoxy) is 2. The van der Waals surface area contributed by atoms with Crippen LogP contribution >= 0.6 is 21.6 Å². The van der Waals surface area contributed by atoms with Crippen LogP contribution in [0.2, 0.25) is 0 Å². The number of hydrogen-bond donors (Lipinski definition) is 8. The molecule has 2 fully saturated rings. The summed E-state index contributed by atoms with van der Waals surface area (Å²) in [6, 6.07) is 9.83. The quantitative estimate of drug-likeness (QED) is 0.0391. The number of aliphatic hydroxyl groups is 5. The highest BCUT2D eigenvalue weighted by Crippen LogP contribution is 2.48. The average Bonchev–Trinajstić information content (AvgIpc) is 4.04. The van der Waals surface area contributed by atoms with E-state index in [1.807, 2.05) is 41.1 Å². The molecule has 9 N–H and O–H groups in total. The molecule has 2 aromatic rings. The number of nitrogens with two attached hydrogens (primary N) is 1. The van der Waals surface area contributed by atoms with Crippen molar-refractivity contribution in [2.45, 2.75) is 133 Å². The Morgan fingerprint density at radius 3 is 2.75 bits per heavy atom. The van der Waals surface area contributed by atoms with Crippen LogP contribution in [0.25, 0.3) is 6.08 Å². The minimum Gasteiger partial charge on any atom is -0.504 e. The van der Waals surface area contributed by atoms with Crippen molar-refractivity contribution in [1.82, 2.24) is 5.32 Å². The average molecular weight is 930 g/mol. The molecule has 11 nitrogen and oxygen atoms in total. The van der Waals surface area contributed by atoms with E-state index in [9.17, 15) is 30.6 Å². The first kappa shape index (κ1) is 48.5. The molecule has 4 bridgehead atoms. The fourth-order valence-electron chi connectivity index (χ4n) is 11.2. The molecule has 1 unspecified atom stereocenters. The van der Waals surface area contributed by atoms with E-state index in [0.717, 1.165) is 115 Å². The molecule has 2 aromatic carbocycles. The molecule has 7 aliphatic rings. The number of nitrogens with one attached hydrogen (secondary N) is 1. The number of hydrogen-bond acceptors (Lipinski definition) is 13. The van der Waals surface area contributed by atoms with Gasteiger partial charge < -0.3 is 51.2 Å². The summed E-state index contributed by atoms with van der Waals surface area (Å²) >= 11 is 0. The van der Waals surface area contributed by atoms with Gasteiger partial charge in [-0.2, -0.15) is 11.6 Å². The van der Waals surface area contributed by atoms with Crippen LogP contribution in [0.4, 0.5) is 0 Å². The summed E-state index contributed by atoms with van der Waals surface area (Å²) < 4.78 is 12.4. The van der Waals surface area contributed by atoms with E-state index >= 15 is 0 Å². The largest absolute Gasteiger partial charge is 0.504 e. The molecule has 4 heterocycles. The molecular weight excluding hydrogens is 859 g/mol. The number of phenolic OH excluding ortho intramolecular Hbond substituents is 1. The summed E-state index contributed by atoms with van der Waals surface area (Å²) in [4.78, 5) is 4.93. The number of nitrogens with zero attached hydrogens (tertiary/aromatic N) is 1. The molecule has 4 aliphatic heterocycles. The van der Waals surface area contributed by atoms with Crippen molar-refractivity contribution in [2.75, 3.05) is 32.1 Å². The second-order valence-electron chi connectivity index (χ2n) is 19.3. The maximum atomic E-state index is 11.3. The summed E-state index contributed by atoms with van der Waals surface area (Å²) in [5.74, 6) is 3.91. The minimum absolute atomic E-state index is 0.00965. The van der Waals surface area contributed by atoms with Gasteiger partial charge in [0.15, 0.2) is 29.4 Å². The number of aliphatic imine (C=N–C) groups is 1. The maximum absolute atomic E-state index is 11.3. The van der Waals surface area contributed by atoms with Gasteiger partial charge in [0.2, 0.25) is 0 Å². The minimum atomic E-state index is -0.947. The first-order valence-corrected chi connectivity index (χ1v) is 26.7. The third-order valence-corrected chi connectivity index (χ3v) is 17.3. The molecule has 3 aliphatic carbocycles. The monoisotopic (exact) mass is 929 g/mol. The van der Waals surface area contributed by atoms with E-state index < -0.39 is 18.3 Å². The molecule has 13 heteroatoms. The number of aromatic hydroxyl groups is 1. The van der Waals surface area contributed by atoms with Gasteiger partial charge in [-0.05, 0) is 103 Å². The Bertz CT molecular complexity index is 2040. The van der Waals surface area contributed by atoms with Gasteiger partial charge in [0.1, 0.15) is 12.2 Å². The van der Waals surface area contributed by atoms with E-state index in [4.69, 9.17) is 20.2 Å². The lowest BCUT2D eigenvalue weighted by Crippen LogP contribution is -2.35. The van der Waals surface area contributed by atoms with Crippen molar-refractivity contribution in [1.29, 1.82) is 0 Å². The Morgan fingerprint density at radius 2 is 1.92 bits per heavy atom. The topological polar surface area (TPSA) is 190 Å². The van der Waals surface area contributed by atoms with E-state index in [0.29, 0.717) is 54.8 Å². The number of fused-ring (bicyclic) bond motifs is 8. The number of aryl methyl sites for hydroxylation is 1. The summed E-state index contributed by atoms with van der Waals surface area (Å²) in [5, 5.41) is 66.9. The number of aliphatic hydroxyl groups excluding tert-OH is 5. The van der Waals surface area contributed by atoms with Crippen molar-refractivity contribution in [3.8, 4) is 11.5 Å². The lowest BCUT2D eigenvalue weighted by atomic mass is 9.79. The van der Waals surface area contributed by atoms with Crippen LogP contribution in [-0.4, -0.2) is 92.8 Å². The smallest absolute Gasteiger partial charge is 0.189 e. The van der Waals surface area contributed by atoms with E-state index in [1.165, 1.54) is 24.8 Å². The van der Waals surface area contributed by atoms with Gasteiger partial charge in [-0.15, -0.1) is 4.99 Å². The maximum Gasteiger partial charge on any atom is 0.189 e. The predicted octanol–water partition coefficient (Wildman–Crippen LogP) is 7.67. The second kappa shape index (κ2) is 22.9. The molecule has 0 spiro atoms. The highest BCUT2D eigenvalue weighted by Gasteiger charge is 2.47. The Balaban J connectivity index is 0.779. The number of benzene rings is 2. The predicted molar refractivity (Wildman–Crippen MR) is 261 cm³/mol. The van der Waals surface area contributed by atoms with Crippen LogP contribution in [0.15, 0.2) is 64.7 Å². The van der Waals surface area contributed by atoms with Crippen molar-refractivity contribution in [2.24, 2.45) is 40.3 Å². The number of rotatable bonds is 19. The van der Waals surface area contributed by atoms with Gasteiger partial charge in [-0.3, -0.25) is 0 Å². The number of unbranched alkanes of at least 4 members (excludes halogenated alkanes) is 2. The van der Waals surface area contributed by atoms with Crippen LogP contribution in [0.3, 0.4) is 0 Å². The Kier molecular flexibility index (Phi) is 17.1. The molecule has 65 heavy (non-hydrogen) atoms. The molecule has 0 saturated heterocycles. The Labute approximate surface area is 393 Å². The zero-order valence-corrected chi connectivity index (χ0v) is 39.6. The molecule has 0 radical (unpaired) electrons. The summed E-state index contributed by atoms with van der Waals surface area (Å²) in [6.45, 7) is 3.04. The van der Waals surface area contributed by atoms with E-state index in [2.05, 4.69) is 23.5 Å². The summed E-state index contributed by atoms with van der Waals surface area (Å²) in [6.07, 6.45) is 19.7. The van der Waals surface area contributed by atoms with Crippen molar-refractivity contribution in [3.05, 3.63) is 99.7 Å². The van der Waals surface area contributed by atoms with Gasteiger partial charge in [0, 0.05) is 55.7 Å². The fourth-order valence-corrected chi connectivity index (χ4v) is 13.9. The Morgan fingerprint density at radius 1 is 1.06 bits per heavy atom. The fraction of sp³-hybridized carbons (Fsp3) is 0.596. The van der Waals surface area contributed by atoms with Crippen LogP contribution in [0, 0.1) is 41.7 Å². The van der Waals surface area contributed by atoms with Crippen molar-refractivity contribution >= 4 is 33.4 Å². The molecule has 0 aromatic heterocycles. The Hall–Kier alpha value is -2.95. The van der Waals surface area contributed by atoms with Crippen molar-refractivity contribution in [3.63, 3.8) is 0 Å². The first-order chi connectivity index (χ1) is 31.6. The molecule has 10 atom stereocenters. The van der Waals surface area contributed by atoms with Crippen LogP contribution in [-0.2, 0) is 23.5 Å². The molecule has 354 valence electrons. The van der Waals surface area contributed by atoms with Gasteiger partial charge in [-0.25, -0.2) is 0 Å². The van der Waals surface area contributed by atoms with Gasteiger partial charge in [0.05, 0.1) is 30.8 Å². The number of phenols is 1. The van der Waals surface area contributed by atoms with Gasteiger partial charge in [-0.1, -0.05) is 96.6 Å². The van der Waals surface area contributed by atoms with E-state index in [-0.39, 0.29) is 43.6 Å². The second-order valence-corrected chi connectivity index (χ2v) is 21.9. The standard InChI is InChI=1S/C52H71N3O8S2/c1-31(58)24-54-25-43-39-8-5-7-33(39)14-18-46-42(43)23-47(55-46)49(60)28-62-51-20-32(11-19-48(51)59)10-15-38-21-37(27-57)50(63-38)9-4-2-3-6-36-29-64-65-30-44-35(26-56)13-17-41-40(44)16-12-34(52(41)61)22-45(36)53/h11-13,16-17,19-21,23,31,33-34,36,39,43,45,49-50,52,54,56-61H,2-10,14-15,18,22,24-30,53H2,1H3/t31-,33+,34-,36-,39-,43+,45+,49-,50?,52+/m0/s1. The molecular formula is C52H71N3O8S2. The summed E-state index contributed by atoms with van der Waals surface area (Å²) in [7, 11) is 3.66. The van der Waals surface area contributed by atoms with Crippen LogP contribution in [0.1, 0.15) is 118 Å². The van der Waals surface area contributed by atoms with Crippen LogP contribution in [0.5, 0.6) is 11.5 Å². The normalized spacial score (nSPS) is 28.4. The van der Waals surface area contributed by atoms with Crippen LogP contribution < -0.4 is 15.8 Å². The summed E-state index contributed by atoms with van der Waals surface area (Å²) in [5.41, 5.74) is 15.1. The molecule has 2 saturated carbocycles. The van der Waals surface area contributed by atoms with Gasteiger partial charge >= 0.3 is 0 Å². The zero-order valence-electron chi connectivity index (χ0n) is 38.0. The molecule has 9 rings (SSSR count). The van der Waals surface area contributed by atoms with E-state index in [1.54, 1.807) is 23.8 Å². The highest BCUT2D eigenvalue weighted by atomic mass is 33.1. The zero-order chi connectivity index (χ0) is 45.5.